The lowest BCUT2D eigenvalue weighted by molar-refractivity contribution is -0.115. The molecular formula is C15H13Cl2NO2S. The maximum Gasteiger partial charge on any atom is 0.237 e. The topological polar surface area (TPSA) is 49.3 Å². The highest BCUT2D eigenvalue weighted by molar-refractivity contribution is 8.00. The predicted octanol–water partition coefficient (Wildman–Crippen LogP) is 4.82. The summed E-state index contributed by atoms with van der Waals surface area (Å²) in [6.07, 6.45) is 0. The summed E-state index contributed by atoms with van der Waals surface area (Å²) < 4.78 is 0. The zero-order valence-electron chi connectivity index (χ0n) is 11.1. The third-order valence-corrected chi connectivity index (χ3v) is 4.66. The van der Waals surface area contributed by atoms with Crippen molar-refractivity contribution >= 4 is 46.6 Å². The molecule has 6 heteroatoms. The minimum Gasteiger partial charge on any atom is -0.508 e. The monoisotopic (exact) mass is 341 g/mol. The average molecular weight is 342 g/mol. The third kappa shape index (κ3) is 4.30. The minimum atomic E-state index is -0.315. The van der Waals surface area contributed by atoms with Gasteiger partial charge in [-0.15, -0.1) is 11.8 Å². The van der Waals surface area contributed by atoms with Crippen molar-refractivity contribution in [3.8, 4) is 5.75 Å². The second-order valence-corrected chi connectivity index (χ2v) is 6.54. The molecule has 2 N–H and O–H groups in total. The molecule has 0 heterocycles. The Morgan fingerprint density at radius 3 is 2.52 bits per heavy atom. The van der Waals surface area contributed by atoms with E-state index < -0.39 is 0 Å². The summed E-state index contributed by atoms with van der Waals surface area (Å²) in [4.78, 5) is 13.1. The second kappa shape index (κ2) is 7.07. The van der Waals surface area contributed by atoms with Gasteiger partial charge in [-0.25, -0.2) is 0 Å². The molecular weight excluding hydrogens is 329 g/mol. The van der Waals surface area contributed by atoms with Gasteiger partial charge in [0, 0.05) is 4.90 Å². The smallest absolute Gasteiger partial charge is 0.237 e. The van der Waals surface area contributed by atoms with E-state index in [-0.39, 0.29) is 16.9 Å². The summed E-state index contributed by atoms with van der Waals surface area (Å²) in [6.45, 7) is 1.80. The Hall–Kier alpha value is -1.36. The van der Waals surface area contributed by atoms with Gasteiger partial charge in [-0.1, -0.05) is 29.3 Å². The maximum absolute atomic E-state index is 12.2. The predicted molar refractivity (Wildman–Crippen MR) is 88.5 cm³/mol. The highest BCUT2D eigenvalue weighted by atomic mass is 35.5. The number of phenolic OH excluding ortho intramolecular Hbond substituents is 1. The van der Waals surface area contributed by atoms with Gasteiger partial charge in [-0.2, -0.15) is 0 Å². The van der Waals surface area contributed by atoms with Crippen LogP contribution in [0.5, 0.6) is 5.75 Å². The Labute approximate surface area is 137 Å². The molecule has 21 heavy (non-hydrogen) atoms. The molecule has 1 amide bonds. The summed E-state index contributed by atoms with van der Waals surface area (Å²) in [5.74, 6) is 0.0272. The Kier molecular flexibility index (Phi) is 5.39. The molecule has 110 valence electrons. The van der Waals surface area contributed by atoms with Crippen LogP contribution in [0.15, 0.2) is 47.4 Å². The van der Waals surface area contributed by atoms with Crippen LogP contribution in [-0.4, -0.2) is 16.3 Å². The van der Waals surface area contributed by atoms with E-state index in [0.717, 1.165) is 4.90 Å². The summed E-state index contributed by atoms with van der Waals surface area (Å²) in [5.41, 5.74) is 0.493. The van der Waals surface area contributed by atoms with Gasteiger partial charge in [0.25, 0.3) is 0 Å². The lowest BCUT2D eigenvalue weighted by Crippen LogP contribution is -2.22. The standard InChI is InChI=1S/C15H13Cl2NO2S/c1-9(21-11-7-5-10(19)6-8-11)15(20)18-13-4-2-3-12(16)14(13)17/h2-9,19H,1H3,(H,18,20). The normalized spacial score (nSPS) is 12.0. The summed E-state index contributed by atoms with van der Waals surface area (Å²) in [5, 5.41) is 12.4. The molecule has 0 fully saturated rings. The summed E-state index contributed by atoms with van der Waals surface area (Å²) in [6, 6.07) is 11.8. The van der Waals surface area contributed by atoms with Crippen LogP contribution in [0.1, 0.15) is 6.92 Å². The van der Waals surface area contributed by atoms with Crippen molar-refractivity contribution in [3.05, 3.63) is 52.5 Å². The number of carbonyl (C=O) groups excluding carboxylic acids is 1. The van der Waals surface area contributed by atoms with Crippen molar-refractivity contribution in [2.24, 2.45) is 0 Å². The lowest BCUT2D eigenvalue weighted by atomic mass is 10.3. The molecule has 2 aromatic rings. The number of hydrogen-bond acceptors (Lipinski definition) is 3. The second-order valence-electron chi connectivity index (χ2n) is 4.34. The number of nitrogens with one attached hydrogen (secondary N) is 1. The van der Waals surface area contributed by atoms with E-state index in [4.69, 9.17) is 23.2 Å². The molecule has 0 aliphatic carbocycles. The Balaban J connectivity index is 2.02. The van der Waals surface area contributed by atoms with Crippen LogP contribution in [0.25, 0.3) is 0 Å². The molecule has 1 atom stereocenters. The van der Waals surface area contributed by atoms with Crippen LogP contribution in [0.3, 0.4) is 0 Å². The van der Waals surface area contributed by atoms with Gasteiger partial charge < -0.3 is 10.4 Å². The molecule has 0 spiro atoms. The van der Waals surface area contributed by atoms with Crippen molar-refractivity contribution < 1.29 is 9.90 Å². The van der Waals surface area contributed by atoms with Gasteiger partial charge >= 0.3 is 0 Å². The van der Waals surface area contributed by atoms with Crippen LogP contribution >= 0.6 is 35.0 Å². The number of thioether (sulfide) groups is 1. The lowest BCUT2D eigenvalue weighted by Gasteiger charge is -2.13. The van der Waals surface area contributed by atoms with Gasteiger partial charge in [-0.3, -0.25) is 4.79 Å². The average Bonchev–Trinajstić information content (AvgIpc) is 2.46. The van der Waals surface area contributed by atoms with E-state index in [9.17, 15) is 9.90 Å². The number of hydrogen-bond donors (Lipinski definition) is 2. The molecule has 3 nitrogen and oxygen atoms in total. The molecule has 2 aromatic carbocycles. The summed E-state index contributed by atoms with van der Waals surface area (Å²) >= 11 is 13.3. The number of amides is 1. The van der Waals surface area contributed by atoms with Gasteiger partial charge in [0.05, 0.1) is 21.0 Å². The Morgan fingerprint density at radius 2 is 1.86 bits per heavy atom. The first kappa shape index (κ1) is 16.0. The number of carbonyl (C=O) groups is 1. The number of aromatic hydroxyl groups is 1. The van der Waals surface area contributed by atoms with Gasteiger partial charge in [-0.05, 0) is 43.3 Å². The first-order chi connectivity index (χ1) is 9.97. The number of phenols is 1. The largest absolute Gasteiger partial charge is 0.508 e. The minimum absolute atomic E-state index is 0.169. The fourth-order valence-corrected chi connectivity index (χ4v) is 2.83. The maximum atomic E-state index is 12.2. The Bertz CT molecular complexity index is 647. The number of anilines is 1. The van der Waals surface area contributed by atoms with Crippen LogP contribution in [0.2, 0.25) is 10.0 Å². The van der Waals surface area contributed by atoms with Crippen LogP contribution in [-0.2, 0) is 4.79 Å². The highest BCUT2D eigenvalue weighted by Gasteiger charge is 2.16. The number of benzene rings is 2. The van der Waals surface area contributed by atoms with Crippen molar-refractivity contribution in [1.29, 1.82) is 0 Å². The Morgan fingerprint density at radius 1 is 1.19 bits per heavy atom. The highest BCUT2D eigenvalue weighted by Crippen LogP contribution is 2.31. The molecule has 2 rings (SSSR count). The van der Waals surface area contributed by atoms with Crippen LogP contribution < -0.4 is 5.32 Å². The van der Waals surface area contributed by atoms with E-state index in [0.29, 0.717) is 15.7 Å². The SMILES string of the molecule is CC(Sc1ccc(O)cc1)C(=O)Nc1cccc(Cl)c1Cl. The van der Waals surface area contributed by atoms with E-state index in [1.54, 1.807) is 49.4 Å². The number of rotatable bonds is 4. The molecule has 0 aliphatic heterocycles. The van der Waals surface area contributed by atoms with Gasteiger partial charge in [0.2, 0.25) is 5.91 Å². The number of halogens is 2. The van der Waals surface area contributed by atoms with Gasteiger partial charge in [0.1, 0.15) is 5.75 Å². The van der Waals surface area contributed by atoms with Gasteiger partial charge in [0.15, 0.2) is 0 Å². The molecule has 0 aromatic heterocycles. The first-order valence-electron chi connectivity index (χ1n) is 6.18. The zero-order chi connectivity index (χ0) is 15.4. The third-order valence-electron chi connectivity index (χ3n) is 2.73. The molecule has 0 radical (unpaired) electrons. The first-order valence-corrected chi connectivity index (χ1v) is 7.81. The quantitative estimate of drug-likeness (QED) is 0.784. The van der Waals surface area contributed by atoms with E-state index >= 15 is 0 Å². The van der Waals surface area contributed by atoms with Crippen molar-refractivity contribution in [1.82, 2.24) is 0 Å². The molecule has 0 saturated carbocycles. The van der Waals surface area contributed by atoms with Crippen molar-refractivity contribution in [3.63, 3.8) is 0 Å². The molecule has 1 unspecified atom stereocenters. The molecule has 0 saturated heterocycles. The van der Waals surface area contributed by atoms with Crippen molar-refractivity contribution in [2.45, 2.75) is 17.1 Å². The fraction of sp³-hybridized carbons (Fsp3) is 0.133. The van der Waals surface area contributed by atoms with Crippen molar-refractivity contribution in [2.75, 3.05) is 5.32 Å². The molecule has 0 bridgehead atoms. The zero-order valence-corrected chi connectivity index (χ0v) is 13.5. The van der Waals surface area contributed by atoms with Crippen LogP contribution in [0, 0.1) is 0 Å². The van der Waals surface area contributed by atoms with E-state index in [1.165, 1.54) is 11.8 Å². The fourth-order valence-electron chi connectivity index (χ4n) is 1.62. The van der Waals surface area contributed by atoms with Crippen LogP contribution in [0.4, 0.5) is 5.69 Å². The molecule has 0 aliphatic rings. The summed E-state index contributed by atoms with van der Waals surface area (Å²) in [7, 11) is 0. The van der Waals surface area contributed by atoms with E-state index in [1.807, 2.05) is 0 Å². The van der Waals surface area contributed by atoms with E-state index in [2.05, 4.69) is 5.32 Å².